The number of imidazole rings is 1. The van der Waals surface area contributed by atoms with Gasteiger partial charge in [0.1, 0.15) is 5.82 Å². The molecular weight excluding hydrogens is 228 g/mol. The van der Waals surface area contributed by atoms with E-state index in [-0.39, 0.29) is 0 Å². The molecule has 5 nitrogen and oxygen atoms in total. The topological polar surface area (TPSA) is 56.3 Å². The molecule has 0 spiro atoms. The van der Waals surface area contributed by atoms with Gasteiger partial charge in [0, 0.05) is 51.3 Å². The Morgan fingerprint density at radius 3 is 3.00 bits per heavy atom. The van der Waals surface area contributed by atoms with Crippen molar-refractivity contribution in [3.05, 3.63) is 18.2 Å². The zero-order valence-electron chi connectivity index (χ0n) is 10.8. The zero-order valence-corrected chi connectivity index (χ0v) is 10.8. The van der Waals surface area contributed by atoms with Gasteiger partial charge < -0.3 is 15.0 Å². The monoisotopic (exact) mass is 250 g/mol. The lowest BCUT2D eigenvalue weighted by atomic mass is 9.90. The van der Waals surface area contributed by atoms with E-state index in [1.165, 1.54) is 5.82 Å². The molecule has 3 rings (SSSR count). The number of aromatic nitrogens is 2. The van der Waals surface area contributed by atoms with Crippen LogP contribution in [0.25, 0.3) is 0 Å². The van der Waals surface area contributed by atoms with Crippen molar-refractivity contribution >= 4 is 0 Å². The summed E-state index contributed by atoms with van der Waals surface area (Å²) in [4.78, 5) is 6.94. The van der Waals surface area contributed by atoms with Gasteiger partial charge in [-0.2, -0.15) is 0 Å². The van der Waals surface area contributed by atoms with Crippen LogP contribution in [0.1, 0.15) is 18.7 Å². The minimum Gasteiger partial charge on any atom is -0.381 e. The van der Waals surface area contributed by atoms with Crippen LogP contribution in [0.3, 0.4) is 0 Å². The summed E-state index contributed by atoms with van der Waals surface area (Å²) < 4.78 is 7.69. The minimum absolute atomic E-state index is 0.486. The molecule has 1 fully saturated rings. The van der Waals surface area contributed by atoms with E-state index < -0.39 is 0 Å². The van der Waals surface area contributed by atoms with Gasteiger partial charge in [-0.05, 0) is 18.8 Å². The van der Waals surface area contributed by atoms with Crippen LogP contribution in [-0.2, 0) is 17.8 Å². The van der Waals surface area contributed by atoms with Crippen molar-refractivity contribution < 1.29 is 4.74 Å². The Morgan fingerprint density at radius 2 is 2.22 bits per heavy atom. The molecule has 18 heavy (non-hydrogen) atoms. The average molecular weight is 250 g/mol. The first-order valence-electron chi connectivity index (χ1n) is 6.90. The van der Waals surface area contributed by atoms with Crippen LogP contribution in [0, 0.1) is 5.92 Å². The van der Waals surface area contributed by atoms with Gasteiger partial charge in [-0.25, -0.2) is 4.98 Å². The molecule has 0 aliphatic carbocycles. The molecule has 3 heterocycles. The lowest BCUT2D eigenvalue weighted by Gasteiger charge is -2.40. The van der Waals surface area contributed by atoms with Gasteiger partial charge in [0.05, 0.1) is 6.54 Å². The van der Waals surface area contributed by atoms with Crippen molar-refractivity contribution in [2.24, 2.45) is 11.7 Å². The second kappa shape index (κ2) is 5.38. The molecule has 5 heteroatoms. The molecule has 0 aromatic carbocycles. The molecule has 2 aliphatic rings. The van der Waals surface area contributed by atoms with Crippen molar-refractivity contribution in [3.63, 3.8) is 0 Å². The molecule has 0 radical (unpaired) electrons. The van der Waals surface area contributed by atoms with Crippen LogP contribution in [0.2, 0.25) is 0 Å². The Labute approximate surface area is 108 Å². The van der Waals surface area contributed by atoms with E-state index in [1.807, 2.05) is 6.20 Å². The van der Waals surface area contributed by atoms with E-state index in [1.54, 1.807) is 0 Å². The quantitative estimate of drug-likeness (QED) is 0.846. The number of nitrogens with two attached hydrogens (primary N) is 1. The molecule has 2 aliphatic heterocycles. The van der Waals surface area contributed by atoms with E-state index in [9.17, 15) is 0 Å². The largest absolute Gasteiger partial charge is 0.381 e. The molecule has 0 saturated carbocycles. The van der Waals surface area contributed by atoms with E-state index in [0.717, 1.165) is 52.2 Å². The fourth-order valence-corrected chi connectivity index (χ4v) is 3.22. The predicted octanol–water partition coefficient (Wildman–Crippen LogP) is 0.453. The minimum atomic E-state index is 0.486. The third kappa shape index (κ3) is 2.30. The van der Waals surface area contributed by atoms with Crippen molar-refractivity contribution in [1.82, 2.24) is 14.5 Å². The molecule has 1 aromatic heterocycles. The first-order valence-corrected chi connectivity index (χ1v) is 6.90. The Hall–Kier alpha value is -0.910. The van der Waals surface area contributed by atoms with Crippen LogP contribution in [-0.4, -0.2) is 46.8 Å². The third-order valence-corrected chi connectivity index (χ3v) is 4.29. The molecule has 100 valence electrons. The second-order valence-electron chi connectivity index (χ2n) is 5.26. The van der Waals surface area contributed by atoms with E-state index >= 15 is 0 Å². The van der Waals surface area contributed by atoms with Crippen LogP contribution in [0.15, 0.2) is 12.4 Å². The number of ether oxygens (including phenoxy) is 1. The Kier molecular flexibility index (Phi) is 3.63. The molecule has 0 amide bonds. The smallest absolute Gasteiger partial charge is 0.122 e. The highest BCUT2D eigenvalue weighted by atomic mass is 16.5. The molecule has 1 saturated heterocycles. The molecule has 1 unspecified atom stereocenters. The van der Waals surface area contributed by atoms with Crippen molar-refractivity contribution in [2.45, 2.75) is 32.0 Å². The lowest BCUT2D eigenvalue weighted by Crippen LogP contribution is -2.49. The highest BCUT2D eigenvalue weighted by Crippen LogP contribution is 2.25. The van der Waals surface area contributed by atoms with Crippen molar-refractivity contribution in [3.8, 4) is 0 Å². The molecular formula is C13H22N4O. The summed E-state index contributed by atoms with van der Waals surface area (Å²) in [6, 6.07) is 0.486. The number of rotatable bonds is 3. The maximum absolute atomic E-state index is 6.02. The standard InChI is InChI=1S/C13H22N4O/c14-9-12(11-1-7-18-8-2-11)17-6-5-16-4-3-15-13(16)10-17/h3-4,11-12H,1-2,5-10,14H2. The fourth-order valence-electron chi connectivity index (χ4n) is 3.22. The van der Waals surface area contributed by atoms with Gasteiger partial charge in [0.25, 0.3) is 0 Å². The van der Waals surface area contributed by atoms with Gasteiger partial charge in [-0.15, -0.1) is 0 Å². The molecule has 1 aromatic rings. The summed E-state index contributed by atoms with van der Waals surface area (Å²) in [5.74, 6) is 1.86. The van der Waals surface area contributed by atoms with E-state index in [2.05, 4.69) is 20.6 Å². The van der Waals surface area contributed by atoms with Crippen LogP contribution in [0.4, 0.5) is 0 Å². The van der Waals surface area contributed by atoms with Crippen molar-refractivity contribution in [2.75, 3.05) is 26.3 Å². The summed E-state index contributed by atoms with van der Waals surface area (Å²) in [6.45, 7) is 5.59. The molecule has 2 N–H and O–H groups in total. The average Bonchev–Trinajstić information content (AvgIpc) is 2.88. The summed E-state index contributed by atoms with van der Waals surface area (Å²) in [5, 5.41) is 0. The highest BCUT2D eigenvalue weighted by molar-refractivity contribution is 4.97. The molecule has 1 atom stereocenters. The Balaban J connectivity index is 1.69. The van der Waals surface area contributed by atoms with Gasteiger partial charge >= 0.3 is 0 Å². The summed E-state index contributed by atoms with van der Waals surface area (Å²) in [6.07, 6.45) is 6.25. The van der Waals surface area contributed by atoms with Gasteiger partial charge in [-0.3, -0.25) is 4.90 Å². The number of nitrogens with zero attached hydrogens (tertiary/aromatic N) is 3. The van der Waals surface area contributed by atoms with Crippen LogP contribution >= 0.6 is 0 Å². The number of hydrogen-bond acceptors (Lipinski definition) is 4. The van der Waals surface area contributed by atoms with Crippen LogP contribution in [0.5, 0.6) is 0 Å². The first kappa shape index (κ1) is 12.1. The van der Waals surface area contributed by atoms with Crippen LogP contribution < -0.4 is 5.73 Å². The van der Waals surface area contributed by atoms with Gasteiger partial charge in [0.2, 0.25) is 0 Å². The summed E-state index contributed by atoms with van der Waals surface area (Å²) >= 11 is 0. The lowest BCUT2D eigenvalue weighted by molar-refractivity contribution is 0.0197. The number of fused-ring (bicyclic) bond motifs is 1. The van der Waals surface area contributed by atoms with Gasteiger partial charge in [-0.1, -0.05) is 0 Å². The van der Waals surface area contributed by atoms with E-state index in [0.29, 0.717) is 12.0 Å². The first-order chi connectivity index (χ1) is 8.88. The Morgan fingerprint density at radius 1 is 1.39 bits per heavy atom. The van der Waals surface area contributed by atoms with Crippen molar-refractivity contribution in [1.29, 1.82) is 0 Å². The predicted molar refractivity (Wildman–Crippen MR) is 69.0 cm³/mol. The summed E-state index contributed by atoms with van der Waals surface area (Å²) in [5.41, 5.74) is 6.02. The second-order valence-corrected chi connectivity index (χ2v) is 5.26. The van der Waals surface area contributed by atoms with E-state index in [4.69, 9.17) is 10.5 Å². The number of hydrogen-bond donors (Lipinski definition) is 1. The molecule has 0 bridgehead atoms. The third-order valence-electron chi connectivity index (χ3n) is 4.29. The normalized spacial score (nSPS) is 23.8. The fraction of sp³-hybridized carbons (Fsp3) is 0.769. The zero-order chi connectivity index (χ0) is 12.4. The maximum atomic E-state index is 6.02. The van der Waals surface area contributed by atoms with Gasteiger partial charge in [0.15, 0.2) is 0 Å². The summed E-state index contributed by atoms with van der Waals surface area (Å²) in [7, 11) is 0. The SMILES string of the molecule is NCC(C1CCOCC1)N1CCn2ccnc2C1. The maximum Gasteiger partial charge on any atom is 0.122 e. The highest BCUT2D eigenvalue weighted by Gasteiger charge is 2.30. The Bertz CT molecular complexity index is 386.